The number of aromatic nitrogens is 4. The molecule has 2 fully saturated rings. The Balaban J connectivity index is 1.24. The molecule has 2 amide bonds. The lowest BCUT2D eigenvalue weighted by Crippen LogP contribution is -2.43. The number of phosphoric acid groups is 2. The van der Waals surface area contributed by atoms with Crippen molar-refractivity contribution in [2.75, 3.05) is 32.5 Å². The van der Waals surface area contributed by atoms with E-state index in [-0.39, 0.29) is 60.9 Å². The molecule has 2 aromatic heterocycles. The van der Waals surface area contributed by atoms with Crippen molar-refractivity contribution in [1.29, 1.82) is 0 Å². The molecule has 0 saturated carbocycles. The fraction of sp³-hybridized carbons (Fsp3) is 0.485. The van der Waals surface area contributed by atoms with Crippen LogP contribution in [0.3, 0.4) is 0 Å². The molecule has 11 N–H and O–H groups in total. The lowest BCUT2D eigenvalue weighted by atomic mass is 10.1. The van der Waals surface area contributed by atoms with Gasteiger partial charge in [0.2, 0.25) is 6.41 Å². The molecule has 4 heterocycles. The third kappa shape index (κ3) is 13.4. The van der Waals surface area contributed by atoms with E-state index in [0.717, 1.165) is 11.2 Å². The van der Waals surface area contributed by atoms with Crippen molar-refractivity contribution in [2.45, 2.75) is 74.9 Å². The van der Waals surface area contributed by atoms with E-state index in [9.17, 15) is 43.3 Å². The monoisotopic (exact) mass is 941 g/mol. The second-order valence-electron chi connectivity index (χ2n) is 13.7. The number of amides is 2. The van der Waals surface area contributed by atoms with Gasteiger partial charge in [0.25, 0.3) is 0 Å². The maximum Gasteiger partial charge on any atom is 0.472 e. The number of carbonyl (C=O) groups excluding carboxylic acids is 3. The molecule has 0 aliphatic carbocycles. The molecule has 2 aliphatic rings. The number of carbonyl (C=O) groups is 3. The molecule has 31 heteroatoms. The first-order chi connectivity index (χ1) is 30.4. The molecule has 1 unspecified atom stereocenters. The highest BCUT2D eigenvalue weighted by Gasteiger charge is 2.50. The first kappa shape index (κ1) is 49.4. The van der Waals surface area contributed by atoms with E-state index in [1.54, 1.807) is 24.3 Å². The zero-order valence-electron chi connectivity index (χ0n) is 33.6. The van der Waals surface area contributed by atoms with Gasteiger partial charge in [-0.1, -0.05) is 29.4 Å². The molecule has 9 atom stereocenters. The number of phosphoric ester groups is 2. The normalized spacial score (nSPS) is 23.9. The number of hydrogen-bond acceptors (Lipinski definition) is 20. The number of hydrogen-bond donors (Lipinski definition) is 8. The van der Waals surface area contributed by atoms with Crippen LogP contribution >= 0.6 is 15.6 Å². The number of alkyl carbamates (subject to hydrolysis) is 1. The first-order valence-electron chi connectivity index (χ1n) is 18.8. The Labute approximate surface area is 361 Å². The molecule has 64 heavy (non-hydrogen) atoms. The van der Waals surface area contributed by atoms with Gasteiger partial charge in [-0.2, -0.15) is 0 Å². The van der Waals surface area contributed by atoms with Crippen LogP contribution < -0.4 is 22.5 Å². The molecular formula is C33H45N13O16P2. The number of rotatable bonds is 22. The molecule has 1 aromatic carbocycles. The summed E-state index contributed by atoms with van der Waals surface area (Å²) in [6, 6.07) is 5.18. The number of azide groups is 1. The van der Waals surface area contributed by atoms with E-state index in [1.807, 2.05) is 0 Å². The summed E-state index contributed by atoms with van der Waals surface area (Å²) in [4.78, 5) is 86.4. The van der Waals surface area contributed by atoms with Crippen LogP contribution in [0.15, 0.2) is 59.3 Å². The Morgan fingerprint density at radius 3 is 2.62 bits per heavy atom. The molecule has 5 rings (SSSR count). The Kier molecular flexibility index (Phi) is 17.2. The van der Waals surface area contributed by atoms with Crippen molar-refractivity contribution in [3.8, 4) is 0 Å². The van der Waals surface area contributed by atoms with Gasteiger partial charge in [0.05, 0.1) is 19.5 Å². The van der Waals surface area contributed by atoms with Gasteiger partial charge < -0.3 is 61.3 Å². The highest BCUT2D eigenvalue weighted by atomic mass is 31.2. The number of amidine groups is 1. The van der Waals surface area contributed by atoms with E-state index >= 15 is 0 Å². The summed E-state index contributed by atoms with van der Waals surface area (Å²) in [5, 5.41) is 17.5. The second kappa shape index (κ2) is 22.3. The van der Waals surface area contributed by atoms with Crippen molar-refractivity contribution in [3.05, 3.63) is 65.2 Å². The average Bonchev–Trinajstić information content (AvgIpc) is 3.95. The minimum Gasteiger partial charge on any atom is -0.455 e. The number of benzene rings is 1. The topological polar surface area (TPSA) is 429 Å². The highest BCUT2D eigenvalue weighted by molar-refractivity contribution is 7.47. The van der Waals surface area contributed by atoms with E-state index < -0.39 is 89.9 Å². The van der Waals surface area contributed by atoms with Crippen molar-refractivity contribution in [3.63, 3.8) is 0 Å². The van der Waals surface area contributed by atoms with Gasteiger partial charge in [-0.15, -0.1) is 0 Å². The number of nitrogens with two attached hydrogens (primary N) is 3. The van der Waals surface area contributed by atoms with Crippen molar-refractivity contribution in [1.82, 2.24) is 29.7 Å². The molecule has 0 bridgehead atoms. The number of nitrogen functional groups attached to an aromatic ring is 1. The second-order valence-corrected chi connectivity index (χ2v) is 16.3. The lowest BCUT2D eigenvalue weighted by Gasteiger charge is -2.24. The van der Waals surface area contributed by atoms with Crippen molar-refractivity contribution >= 4 is 62.6 Å². The van der Waals surface area contributed by atoms with Crippen LogP contribution in [0.2, 0.25) is 0 Å². The van der Waals surface area contributed by atoms with Gasteiger partial charge in [0, 0.05) is 36.8 Å². The van der Waals surface area contributed by atoms with Crippen LogP contribution in [0.5, 0.6) is 0 Å². The van der Waals surface area contributed by atoms with E-state index in [0.29, 0.717) is 12.0 Å². The number of imidazole rings is 1. The minimum absolute atomic E-state index is 0.00398. The number of aliphatic imine (C=N–C) groups is 1. The summed E-state index contributed by atoms with van der Waals surface area (Å²) < 4.78 is 63.8. The van der Waals surface area contributed by atoms with Crippen LogP contribution in [0.25, 0.3) is 21.6 Å². The molecule has 29 nitrogen and oxygen atoms in total. The number of nitrogens with zero attached hydrogens (tertiary/aromatic N) is 9. The summed E-state index contributed by atoms with van der Waals surface area (Å²) in [7, 11) is -8.91. The Bertz CT molecular complexity index is 2330. The molecule has 2 saturated heterocycles. The summed E-state index contributed by atoms with van der Waals surface area (Å²) in [5.74, 6) is -1.02. The van der Waals surface area contributed by atoms with Gasteiger partial charge in [-0.05, 0) is 30.0 Å². The molecular weight excluding hydrogens is 896 g/mol. The summed E-state index contributed by atoms with van der Waals surface area (Å²) in [5.41, 5.74) is 27.4. The lowest BCUT2D eigenvalue weighted by molar-refractivity contribution is -0.158. The standard InChI is InChI=1S/C33H45N13O16P2/c1-38-24(35)8-10-45(17-47)25-11-21(22(59-25)13-57-63(51,52)53)62-64(54,55)58-14-23-28(27(48)31(60-23)46-16-42-26-29(36)40-15-41-30(26)46)61-32(49)19(34)6-4-9-39-33(50)56-12-18-5-2-3-7-20(18)43-44-37/h2-3,5,7-8,10,15-17,19,21-23,25,27-28,31,48H,4,6,9,11-14,34H2,1H3,(H2,35,38)(H,39,50)(H,54,55)(H2,36,40,41)(H2,51,52,53)/b10-8-/t19-,21-,22+,23+,25+,27+,28+,31-/m0/s1. The van der Waals surface area contributed by atoms with Crippen LogP contribution in [0.1, 0.15) is 31.1 Å². The number of esters is 1. The number of fused-ring (bicyclic) bond motifs is 1. The Morgan fingerprint density at radius 1 is 1.16 bits per heavy atom. The summed E-state index contributed by atoms with van der Waals surface area (Å²) >= 11 is 0. The van der Waals surface area contributed by atoms with Crippen LogP contribution in [-0.2, 0) is 57.8 Å². The van der Waals surface area contributed by atoms with E-state index in [4.69, 9.17) is 50.7 Å². The molecule has 348 valence electrons. The molecule has 2 aliphatic heterocycles. The zero-order valence-corrected chi connectivity index (χ0v) is 35.4. The molecule has 0 radical (unpaired) electrons. The van der Waals surface area contributed by atoms with Gasteiger partial charge in [-0.3, -0.25) is 37.6 Å². The third-order valence-corrected chi connectivity index (χ3v) is 10.9. The zero-order chi connectivity index (χ0) is 46.6. The van der Waals surface area contributed by atoms with Crippen LogP contribution in [-0.4, -0.2) is 138 Å². The fourth-order valence-electron chi connectivity index (χ4n) is 6.23. The van der Waals surface area contributed by atoms with Crippen LogP contribution in [0.4, 0.5) is 16.3 Å². The highest BCUT2D eigenvalue weighted by Crippen LogP contribution is 2.49. The number of aliphatic hydroxyl groups excluding tert-OH is 1. The van der Waals surface area contributed by atoms with E-state index in [2.05, 4.69) is 39.8 Å². The molecule has 3 aromatic rings. The van der Waals surface area contributed by atoms with E-state index in [1.165, 1.54) is 30.2 Å². The Hall–Kier alpha value is -5.64. The predicted octanol–water partition coefficient (Wildman–Crippen LogP) is 0.240. The van der Waals surface area contributed by atoms with Gasteiger partial charge in [0.15, 0.2) is 23.8 Å². The summed E-state index contributed by atoms with van der Waals surface area (Å²) in [6.07, 6.45) is -6.37. The number of aliphatic hydroxyl groups is 1. The van der Waals surface area contributed by atoms with Gasteiger partial charge >= 0.3 is 27.7 Å². The average molecular weight is 942 g/mol. The molecule has 0 spiro atoms. The first-order valence-corrected chi connectivity index (χ1v) is 21.9. The SMILES string of the molecule is CN=C(N)/C=C\N(C=O)[C@H]1C[C@H](OP(=O)(O)OC[C@H]2O[C@H](n3cnc4c(N)ncnc43)[C@H](O)[C@@H]2OC(=O)[C@@H](N)CCCNC(=O)OCc2ccccc2N=[N+]=[N-])[C@@H](COP(=O)(O)O)O1. The third-order valence-electron chi connectivity index (χ3n) is 9.38. The van der Waals surface area contributed by atoms with Crippen LogP contribution in [0, 0.1) is 0 Å². The Morgan fingerprint density at radius 2 is 1.91 bits per heavy atom. The quantitative estimate of drug-likeness (QED) is 0.00769. The smallest absolute Gasteiger partial charge is 0.455 e. The predicted molar refractivity (Wildman–Crippen MR) is 217 cm³/mol. The van der Waals surface area contributed by atoms with Gasteiger partial charge in [0.1, 0.15) is 61.0 Å². The fourth-order valence-corrected chi connectivity index (χ4v) is 7.53. The number of anilines is 1. The van der Waals surface area contributed by atoms with Crippen molar-refractivity contribution in [2.24, 2.45) is 21.6 Å². The van der Waals surface area contributed by atoms with Crippen molar-refractivity contribution < 1.29 is 75.8 Å². The summed E-state index contributed by atoms with van der Waals surface area (Å²) in [6.45, 7) is -1.93. The maximum absolute atomic E-state index is 13.4. The number of nitrogens with one attached hydrogen (secondary N) is 1. The maximum atomic E-state index is 13.4. The largest absolute Gasteiger partial charge is 0.472 e. The van der Waals surface area contributed by atoms with Gasteiger partial charge in [-0.25, -0.2) is 28.9 Å². The minimum atomic E-state index is -5.22. The number of ether oxygens (including phenoxy) is 4.